The van der Waals surface area contributed by atoms with Crippen LogP contribution in [-0.2, 0) is 6.54 Å². The van der Waals surface area contributed by atoms with E-state index >= 15 is 0 Å². The fourth-order valence-corrected chi connectivity index (χ4v) is 1.44. The maximum Gasteiger partial charge on any atom is 0.123 e. The number of rotatable bonds is 8. The minimum atomic E-state index is 0.703. The molecule has 0 radical (unpaired) electrons. The number of ether oxygens (including phenoxy) is 1. The molecule has 1 rings (SSSR count). The standard InChI is InChI=1S/C14H21NO/c1-3-5-11-16-14-9-7-6-8-13(14)12-15-10-4-2/h3,6-9,15H,1,4-5,10-12H2,2H3. The molecule has 0 unspecified atom stereocenters. The Hall–Kier alpha value is -1.28. The van der Waals surface area contributed by atoms with Gasteiger partial charge in [-0.05, 0) is 25.5 Å². The Morgan fingerprint density at radius 3 is 2.94 bits per heavy atom. The van der Waals surface area contributed by atoms with E-state index in [-0.39, 0.29) is 0 Å². The average molecular weight is 219 g/mol. The lowest BCUT2D eigenvalue weighted by Crippen LogP contribution is -2.14. The quantitative estimate of drug-likeness (QED) is 0.535. The zero-order valence-electron chi connectivity index (χ0n) is 10.0. The molecule has 0 aliphatic rings. The van der Waals surface area contributed by atoms with Crippen LogP contribution in [0.5, 0.6) is 5.75 Å². The SMILES string of the molecule is C=CCCOc1ccccc1CNCCC. The van der Waals surface area contributed by atoms with Crippen molar-refractivity contribution in [2.45, 2.75) is 26.3 Å². The molecule has 2 nitrogen and oxygen atoms in total. The fraction of sp³-hybridized carbons (Fsp3) is 0.429. The summed E-state index contributed by atoms with van der Waals surface area (Å²) in [4.78, 5) is 0. The van der Waals surface area contributed by atoms with Crippen molar-refractivity contribution >= 4 is 0 Å². The Kier molecular flexibility index (Phi) is 6.35. The van der Waals surface area contributed by atoms with E-state index in [0.717, 1.165) is 31.7 Å². The van der Waals surface area contributed by atoms with E-state index in [2.05, 4.69) is 24.9 Å². The van der Waals surface area contributed by atoms with Gasteiger partial charge in [-0.1, -0.05) is 31.2 Å². The lowest BCUT2D eigenvalue weighted by molar-refractivity contribution is 0.320. The number of nitrogens with one attached hydrogen (secondary N) is 1. The van der Waals surface area contributed by atoms with Gasteiger partial charge in [0.2, 0.25) is 0 Å². The lowest BCUT2D eigenvalue weighted by Gasteiger charge is -2.11. The van der Waals surface area contributed by atoms with E-state index in [0.29, 0.717) is 6.61 Å². The Morgan fingerprint density at radius 2 is 2.19 bits per heavy atom. The third-order valence-corrected chi connectivity index (χ3v) is 2.29. The van der Waals surface area contributed by atoms with Crippen molar-refractivity contribution in [3.63, 3.8) is 0 Å². The van der Waals surface area contributed by atoms with Crippen molar-refractivity contribution < 1.29 is 4.74 Å². The van der Waals surface area contributed by atoms with Crippen molar-refractivity contribution in [3.8, 4) is 5.75 Å². The van der Waals surface area contributed by atoms with Gasteiger partial charge < -0.3 is 10.1 Å². The number of hydrogen-bond acceptors (Lipinski definition) is 2. The van der Waals surface area contributed by atoms with Crippen LogP contribution in [0.1, 0.15) is 25.3 Å². The number of hydrogen-bond donors (Lipinski definition) is 1. The molecule has 0 saturated carbocycles. The molecule has 0 aliphatic heterocycles. The Bertz CT molecular complexity index is 309. The van der Waals surface area contributed by atoms with Crippen molar-refractivity contribution in [3.05, 3.63) is 42.5 Å². The van der Waals surface area contributed by atoms with Crippen LogP contribution in [0.3, 0.4) is 0 Å². The predicted molar refractivity (Wildman–Crippen MR) is 68.7 cm³/mol. The summed E-state index contributed by atoms with van der Waals surface area (Å²) in [5, 5.41) is 3.38. The van der Waals surface area contributed by atoms with Crippen LogP contribution in [0, 0.1) is 0 Å². The molecule has 0 fully saturated rings. The van der Waals surface area contributed by atoms with Crippen LogP contribution in [0.25, 0.3) is 0 Å². The second-order valence-electron chi connectivity index (χ2n) is 3.71. The van der Waals surface area contributed by atoms with E-state index in [9.17, 15) is 0 Å². The highest BCUT2D eigenvalue weighted by atomic mass is 16.5. The van der Waals surface area contributed by atoms with Crippen LogP contribution in [-0.4, -0.2) is 13.2 Å². The molecule has 16 heavy (non-hydrogen) atoms. The van der Waals surface area contributed by atoms with Crippen LogP contribution in [0.15, 0.2) is 36.9 Å². The van der Waals surface area contributed by atoms with Gasteiger partial charge in [-0.25, -0.2) is 0 Å². The maximum atomic E-state index is 5.70. The molecule has 1 N–H and O–H groups in total. The largest absolute Gasteiger partial charge is 0.493 e. The molecule has 0 heterocycles. The first-order chi connectivity index (χ1) is 7.88. The minimum absolute atomic E-state index is 0.703. The smallest absolute Gasteiger partial charge is 0.123 e. The molecule has 0 spiro atoms. The summed E-state index contributed by atoms with van der Waals surface area (Å²) in [6.07, 6.45) is 3.91. The van der Waals surface area contributed by atoms with E-state index in [1.807, 2.05) is 24.3 Å². The number of benzene rings is 1. The highest BCUT2D eigenvalue weighted by Crippen LogP contribution is 2.17. The Balaban J connectivity index is 2.49. The van der Waals surface area contributed by atoms with E-state index < -0.39 is 0 Å². The molecule has 0 atom stereocenters. The maximum absolute atomic E-state index is 5.70. The van der Waals surface area contributed by atoms with Crippen LogP contribution in [0.2, 0.25) is 0 Å². The monoisotopic (exact) mass is 219 g/mol. The summed E-state index contributed by atoms with van der Waals surface area (Å²) in [6, 6.07) is 8.17. The Morgan fingerprint density at radius 1 is 1.38 bits per heavy atom. The fourth-order valence-electron chi connectivity index (χ4n) is 1.44. The Labute approximate surface area is 98.3 Å². The third-order valence-electron chi connectivity index (χ3n) is 2.29. The summed E-state index contributed by atoms with van der Waals surface area (Å²) < 4.78 is 5.70. The summed E-state index contributed by atoms with van der Waals surface area (Å²) in [7, 11) is 0. The first-order valence-corrected chi connectivity index (χ1v) is 5.90. The van der Waals surface area contributed by atoms with Gasteiger partial charge >= 0.3 is 0 Å². The van der Waals surface area contributed by atoms with Crippen molar-refractivity contribution in [2.75, 3.05) is 13.2 Å². The van der Waals surface area contributed by atoms with Crippen LogP contribution < -0.4 is 10.1 Å². The molecule has 0 aromatic heterocycles. The molecule has 0 saturated heterocycles. The summed E-state index contributed by atoms with van der Waals surface area (Å²) in [6.45, 7) is 8.47. The molecule has 0 bridgehead atoms. The molecule has 0 aliphatic carbocycles. The second-order valence-corrected chi connectivity index (χ2v) is 3.71. The van der Waals surface area contributed by atoms with Crippen LogP contribution in [0.4, 0.5) is 0 Å². The van der Waals surface area contributed by atoms with Crippen LogP contribution >= 0.6 is 0 Å². The van der Waals surface area contributed by atoms with Gasteiger partial charge in [0, 0.05) is 12.1 Å². The molecule has 2 heteroatoms. The van der Waals surface area contributed by atoms with Gasteiger partial charge in [0.25, 0.3) is 0 Å². The van der Waals surface area contributed by atoms with Gasteiger partial charge in [-0.3, -0.25) is 0 Å². The molecular formula is C14H21NO. The molecule has 1 aromatic carbocycles. The molecule has 88 valence electrons. The zero-order chi connectivity index (χ0) is 11.6. The normalized spacial score (nSPS) is 10.1. The van der Waals surface area contributed by atoms with Gasteiger partial charge in [0.05, 0.1) is 6.61 Å². The summed E-state index contributed by atoms with van der Waals surface area (Å²) in [5.41, 5.74) is 1.22. The van der Waals surface area contributed by atoms with Gasteiger partial charge in [0.1, 0.15) is 5.75 Å². The van der Waals surface area contributed by atoms with Gasteiger partial charge in [-0.15, -0.1) is 6.58 Å². The third kappa shape index (κ3) is 4.49. The minimum Gasteiger partial charge on any atom is -0.493 e. The highest BCUT2D eigenvalue weighted by Gasteiger charge is 2.01. The topological polar surface area (TPSA) is 21.3 Å². The van der Waals surface area contributed by atoms with E-state index in [1.54, 1.807) is 0 Å². The first kappa shape index (κ1) is 12.8. The predicted octanol–water partition coefficient (Wildman–Crippen LogP) is 3.14. The van der Waals surface area contributed by atoms with E-state index in [4.69, 9.17) is 4.74 Å². The average Bonchev–Trinajstić information content (AvgIpc) is 2.32. The van der Waals surface area contributed by atoms with Gasteiger partial charge in [-0.2, -0.15) is 0 Å². The summed E-state index contributed by atoms with van der Waals surface area (Å²) in [5.74, 6) is 0.980. The van der Waals surface area contributed by atoms with E-state index in [1.165, 1.54) is 5.56 Å². The van der Waals surface area contributed by atoms with Crippen molar-refractivity contribution in [1.29, 1.82) is 0 Å². The first-order valence-electron chi connectivity index (χ1n) is 5.90. The van der Waals surface area contributed by atoms with Gasteiger partial charge in [0.15, 0.2) is 0 Å². The van der Waals surface area contributed by atoms with Crippen molar-refractivity contribution in [2.24, 2.45) is 0 Å². The molecule has 1 aromatic rings. The van der Waals surface area contributed by atoms with Crippen molar-refractivity contribution in [1.82, 2.24) is 5.32 Å². The second kappa shape index (κ2) is 7.94. The summed E-state index contributed by atoms with van der Waals surface area (Å²) >= 11 is 0. The molecular weight excluding hydrogens is 198 g/mol. The zero-order valence-corrected chi connectivity index (χ0v) is 10.0. The highest BCUT2D eigenvalue weighted by molar-refractivity contribution is 5.33. The lowest BCUT2D eigenvalue weighted by atomic mass is 10.2. The molecule has 0 amide bonds. The number of para-hydroxylation sites is 1.